The second-order valence-electron chi connectivity index (χ2n) is 6.77. The van der Waals surface area contributed by atoms with Crippen LogP contribution in [0.15, 0.2) is 79.5 Å². The van der Waals surface area contributed by atoms with Crippen LogP contribution in [0.2, 0.25) is 0 Å². The molecule has 0 fully saturated rings. The number of para-hydroxylation sites is 2. The molecule has 0 saturated heterocycles. The lowest BCUT2D eigenvalue weighted by atomic mass is 10.2. The molecule has 9 heteroatoms. The molecule has 1 aromatic heterocycles. The van der Waals surface area contributed by atoms with Gasteiger partial charge in [-0.25, -0.2) is 18.1 Å². The number of pyridine rings is 1. The van der Waals surface area contributed by atoms with Gasteiger partial charge in [0, 0.05) is 18.4 Å². The molecule has 166 valence electrons. The summed E-state index contributed by atoms with van der Waals surface area (Å²) >= 11 is 0. The first-order chi connectivity index (χ1) is 15.4. The summed E-state index contributed by atoms with van der Waals surface area (Å²) in [5.74, 6) is 0.483. The first-order valence-electron chi connectivity index (χ1n) is 9.75. The normalized spacial score (nSPS) is 10.9. The first kappa shape index (κ1) is 23.0. The van der Waals surface area contributed by atoms with Crippen molar-refractivity contribution in [1.29, 1.82) is 0 Å². The molecular formula is C23H24N4O4S. The molecule has 0 saturated carbocycles. The first-order valence-corrected chi connectivity index (χ1v) is 11.4. The summed E-state index contributed by atoms with van der Waals surface area (Å²) in [6, 6.07) is 17.3. The van der Waals surface area contributed by atoms with E-state index >= 15 is 0 Å². The second kappa shape index (κ2) is 10.6. The number of hydrogen-bond acceptors (Lipinski definition) is 6. The Morgan fingerprint density at radius 1 is 1.09 bits per heavy atom. The van der Waals surface area contributed by atoms with Gasteiger partial charge in [-0.3, -0.25) is 4.79 Å². The zero-order valence-corrected chi connectivity index (χ0v) is 18.4. The van der Waals surface area contributed by atoms with Crippen molar-refractivity contribution < 1.29 is 17.9 Å². The monoisotopic (exact) mass is 452 g/mol. The van der Waals surface area contributed by atoms with Crippen molar-refractivity contribution >= 4 is 33.1 Å². The van der Waals surface area contributed by atoms with Gasteiger partial charge < -0.3 is 15.4 Å². The zero-order valence-electron chi connectivity index (χ0n) is 17.5. The van der Waals surface area contributed by atoms with E-state index in [-0.39, 0.29) is 18.2 Å². The third kappa shape index (κ3) is 6.16. The molecule has 0 bridgehead atoms. The van der Waals surface area contributed by atoms with E-state index in [0.29, 0.717) is 34.1 Å². The minimum absolute atomic E-state index is 0.162. The molecule has 0 aliphatic carbocycles. The van der Waals surface area contributed by atoms with Crippen LogP contribution in [0.4, 0.5) is 17.2 Å². The summed E-state index contributed by atoms with van der Waals surface area (Å²) in [5, 5.41) is 5.94. The molecule has 3 rings (SSSR count). The summed E-state index contributed by atoms with van der Waals surface area (Å²) in [5.41, 5.74) is 2.15. The molecule has 0 unspecified atom stereocenters. The second-order valence-corrected chi connectivity index (χ2v) is 8.58. The number of carbonyl (C=O) groups is 1. The largest absolute Gasteiger partial charge is 0.495 e. The Labute approximate surface area is 187 Å². The van der Waals surface area contributed by atoms with Crippen LogP contribution in [-0.2, 0) is 15.8 Å². The predicted molar refractivity (Wildman–Crippen MR) is 126 cm³/mol. The highest BCUT2D eigenvalue weighted by Crippen LogP contribution is 2.28. The van der Waals surface area contributed by atoms with Gasteiger partial charge in [0.15, 0.2) is 0 Å². The molecule has 2 aromatic carbocycles. The van der Waals surface area contributed by atoms with E-state index in [2.05, 4.69) is 26.9 Å². The zero-order chi connectivity index (χ0) is 23.0. The fourth-order valence-corrected chi connectivity index (χ4v) is 4.01. The summed E-state index contributed by atoms with van der Waals surface area (Å²) in [6.45, 7) is 3.66. The number of aromatic nitrogens is 1. The quantitative estimate of drug-likeness (QED) is 0.405. The molecular weight excluding hydrogens is 428 g/mol. The van der Waals surface area contributed by atoms with E-state index in [9.17, 15) is 13.2 Å². The highest BCUT2D eigenvalue weighted by molar-refractivity contribution is 7.88. The lowest BCUT2D eigenvalue weighted by Crippen LogP contribution is -2.25. The van der Waals surface area contributed by atoms with Crippen molar-refractivity contribution in [3.8, 4) is 5.75 Å². The minimum atomic E-state index is -3.45. The third-order valence-electron chi connectivity index (χ3n) is 4.43. The minimum Gasteiger partial charge on any atom is -0.495 e. The van der Waals surface area contributed by atoms with Gasteiger partial charge in [0.25, 0.3) is 5.91 Å². The maximum absolute atomic E-state index is 12.9. The van der Waals surface area contributed by atoms with Crippen LogP contribution in [0.25, 0.3) is 0 Å². The Morgan fingerprint density at radius 2 is 1.84 bits per heavy atom. The summed E-state index contributed by atoms with van der Waals surface area (Å²) in [7, 11) is -1.89. The van der Waals surface area contributed by atoms with Crippen molar-refractivity contribution in [2.24, 2.45) is 0 Å². The van der Waals surface area contributed by atoms with Crippen LogP contribution in [0, 0.1) is 0 Å². The molecule has 3 N–H and O–H groups in total. The van der Waals surface area contributed by atoms with E-state index in [4.69, 9.17) is 4.74 Å². The smallest absolute Gasteiger partial charge is 0.259 e. The van der Waals surface area contributed by atoms with Crippen molar-refractivity contribution in [1.82, 2.24) is 9.71 Å². The molecule has 8 nitrogen and oxygen atoms in total. The number of anilines is 3. The number of nitrogens with one attached hydrogen (secondary N) is 3. The Hall–Kier alpha value is -3.69. The van der Waals surface area contributed by atoms with Crippen LogP contribution >= 0.6 is 0 Å². The Kier molecular flexibility index (Phi) is 7.58. The van der Waals surface area contributed by atoms with Gasteiger partial charge in [-0.05, 0) is 42.0 Å². The average molecular weight is 453 g/mol. The van der Waals surface area contributed by atoms with Gasteiger partial charge in [-0.1, -0.05) is 30.3 Å². The average Bonchev–Trinajstić information content (AvgIpc) is 2.79. The lowest BCUT2D eigenvalue weighted by molar-refractivity contribution is 0.102. The van der Waals surface area contributed by atoms with Crippen molar-refractivity contribution in [3.05, 3.63) is 90.6 Å². The van der Waals surface area contributed by atoms with Crippen LogP contribution in [0.5, 0.6) is 5.75 Å². The summed E-state index contributed by atoms with van der Waals surface area (Å²) in [6.07, 6.45) is 3.07. The number of carbonyl (C=O) groups excluding carboxylic acids is 1. The highest BCUT2D eigenvalue weighted by atomic mass is 32.2. The van der Waals surface area contributed by atoms with Crippen LogP contribution in [-0.4, -0.2) is 33.0 Å². The van der Waals surface area contributed by atoms with Gasteiger partial charge in [0.2, 0.25) is 10.0 Å². The number of sulfonamides is 1. The Bertz CT molecular complexity index is 1190. The number of amides is 1. The number of methoxy groups -OCH3 is 1. The number of benzene rings is 2. The molecule has 1 amide bonds. The number of hydrogen-bond donors (Lipinski definition) is 3. The maximum Gasteiger partial charge on any atom is 0.259 e. The van der Waals surface area contributed by atoms with Gasteiger partial charge in [0.1, 0.15) is 11.6 Å². The van der Waals surface area contributed by atoms with Crippen LogP contribution in [0.3, 0.4) is 0 Å². The number of nitrogens with zero attached hydrogens (tertiary/aromatic N) is 1. The number of rotatable bonds is 10. The van der Waals surface area contributed by atoms with Gasteiger partial charge >= 0.3 is 0 Å². The molecule has 0 spiro atoms. The van der Waals surface area contributed by atoms with Gasteiger partial charge in [-0.15, -0.1) is 6.58 Å². The SMILES string of the molecule is C=CCNS(=O)(=O)Cc1ccc(NC(=O)c2cccnc2Nc2ccccc2OC)cc1. The van der Waals surface area contributed by atoms with E-state index in [1.807, 2.05) is 18.2 Å². The van der Waals surface area contributed by atoms with Gasteiger partial charge in [-0.2, -0.15) is 0 Å². The molecule has 0 aliphatic heterocycles. The molecule has 0 aliphatic rings. The van der Waals surface area contributed by atoms with E-state index in [0.717, 1.165) is 0 Å². The molecule has 1 heterocycles. The fraction of sp³-hybridized carbons (Fsp3) is 0.130. The predicted octanol–water partition coefficient (Wildman–Crippen LogP) is 3.69. The Morgan fingerprint density at radius 3 is 2.56 bits per heavy atom. The molecule has 32 heavy (non-hydrogen) atoms. The standard InChI is InChI=1S/C23H24N4O4S/c1-3-14-25-32(29,30)16-17-10-12-18(13-11-17)26-23(28)19-7-6-15-24-22(19)27-20-8-4-5-9-21(20)31-2/h3-13,15,25H,1,14,16H2,2H3,(H,24,27)(H,26,28). The fourth-order valence-electron chi connectivity index (χ4n) is 2.90. The third-order valence-corrected chi connectivity index (χ3v) is 5.75. The van der Waals surface area contributed by atoms with Gasteiger partial charge in [0.05, 0.1) is 24.1 Å². The van der Waals surface area contributed by atoms with Crippen LogP contribution in [0.1, 0.15) is 15.9 Å². The van der Waals surface area contributed by atoms with E-state index < -0.39 is 10.0 Å². The molecule has 3 aromatic rings. The maximum atomic E-state index is 12.9. The summed E-state index contributed by atoms with van der Waals surface area (Å²) in [4.78, 5) is 17.2. The van der Waals surface area contributed by atoms with Crippen LogP contribution < -0.4 is 20.1 Å². The topological polar surface area (TPSA) is 109 Å². The van der Waals surface area contributed by atoms with Crippen molar-refractivity contribution in [3.63, 3.8) is 0 Å². The van der Waals surface area contributed by atoms with Crippen molar-refractivity contribution in [2.45, 2.75) is 5.75 Å². The molecule has 0 radical (unpaired) electrons. The van der Waals surface area contributed by atoms with Crippen molar-refractivity contribution in [2.75, 3.05) is 24.3 Å². The number of ether oxygens (including phenoxy) is 1. The van der Waals surface area contributed by atoms with E-state index in [1.54, 1.807) is 55.8 Å². The Balaban J connectivity index is 1.72. The summed E-state index contributed by atoms with van der Waals surface area (Å²) < 4.78 is 31.7. The molecule has 0 atom stereocenters. The highest BCUT2D eigenvalue weighted by Gasteiger charge is 2.15. The lowest BCUT2D eigenvalue weighted by Gasteiger charge is -2.13. The van der Waals surface area contributed by atoms with E-state index in [1.165, 1.54) is 6.08 Å².